The predicted molar refractivity (Wildman–Crippen MR) is 125 cm³/mol. The van der Waals surface area contributed by atoms with Crippen LogP contribution in [-0.2, 0) is 4.74 Å². The molecule has 2 aliphatic rings. The van der Waals surface area contributed by atoms with E-state index in [4.69, 9.17) is 18.6 Å². The maximum atomic E-state index is 12.7. The molecule has 1 aliphatic heterocycles. The van der Waals surface area contributed by atoms with E-state index in [9.17, 15) is 4.79 Å². The van der Waals surface area contributed by atoms with Gasteiger partial charge in [-0.15, -0.1) is 0 Å². The van der Waals surface area contributed by atoms with Crippen LogP contribution in [0.25, 0.3) is 0 Å². The molecule has 6 nitrogen and oxygen atoms in total. The minimum Gasteiger partial charge on any atom is -0.496 e. The van der Waals surface area contributed by atoms with Crippen molar-refractivity contribution in [3.63, 3.8) is 0 Å². The maximum absolute atomic E-state index is 12.7. The lowest BCUT2D eigenvalue weighted by Gasteiger charge is -2.42. The molecule has 0 bridgehead atoms. The van der Waals surface area contributed by atoms with Gasteiger partial charge in [0.2, 0.25) is 0 Å². The Bertz CT molecular complexity index is 1170. The van der Waals surface area contributed by atoms with E-state index in [1.807, 2.05) is 36.4 Å². The standard InChI is InChI=1S/C27H29NO5/c1-16-19(13-14-32-16)27(29)28-18-8-6-7-17(15-18)26-25-23(31-3)12-11-22(30-2)24(25)20-9-4-5-10-21(20)33-26/h6-8,11-15,20-21,26H,4-5,9-10H2,1-3H3,(H,28,29)/t20-,21-,26+/m0/s1. The quantitative estimate of drug-likeness (QED) is 0.519. The number of carbonyl (C=O) groups is 1. The van der Waals surface area contributed by atoms with Gasteiger partial charge in [-0.05, 0) is 55.7 Å². The molecule has 1 aliphatic carbocycles. The van der Waals surface area contributed by atoms with Gasteiger partial charge in [0.1, 0.15) is 23.4 Å². The highest BCUT2D eigenvalue weighted by Gasteiger charge is 2.41. The minimum absolute atomic E-state index is 0.129. The Kier molecular flexibility index (Phi) is 5.85. The van der Waals surface area contributed by atoms with Crippen LogP contribution in [0, 0.1) is 6.92 Å². The van der Waals surface area contributed by atoms with Crippen molar-refractivity contribution in [2.45, 2.75) is 50.7 Å². The van der Waals surface area contributed by atoms with Crippen molar-refractivity contribution in [2.24, 2.45) is 0 Å². The number of nitrogens with one attached hydrogen (secondary N) is 1. The van der Waals surface area contributed by atoms with Gasteiger partial charge in [-0.3, -0.25) is 4.79 Å². The lowest BCUT2D eigenvalue weighted by Crippen LogP contribution is -2.34. The fraction of sp³-hybridized carbons (Fsp3) is 0.370. The fourth-order valence-corrected chi connectivity index (χ4v) is 5.28. The molecule has 1 fully saturated rings. The number of rotatable bonds is 5. The highest BCUT2D eigenvalue weighted by atomic mass is 16.5. The zero-order valence-corrected chi connectivity index (χ0v) is 19.2. The first-order chi connectivity index (χ1) is 16.1. The third-order valence-corrected chi connectivity index (χ3v) is 6.84. The number of furan rings is 1. The Labute approximate surface area is 193 Å². The lowest BCUT2D eigenvalue weighted by molar-refractivity contribution is -0.0406. The second-order valence-corrected chi connectivity index (χ2v) is 8.71. The molecule has 3 atom stereocenters. The smallest absolute Gasteiger partial charge is 0.259 e. The summed E-state index contributed by atoms with van der Waals surface area (Å²) in [4.78, 5) is 12.7. The molecule has 2 heterocycles. The summed E-state index contributed by atoms with van der Waals surface area (Å²) in [6.45, 7) is 1.78. The van der Waals surface area contributed by atoms with Crippen LogP contribution in [-0.4, -0.2) is 26.2 Å². The number of anilines is 1. The summed E-state index contributed by atoms with van der Waals surface area (Å²) in [5.41, 5.74) is 4.41. The zero-order valence-electron chi connectivity index (χ0n) is 19.2. The predicted octanol–water partition coefficient (Wildman–Crippen LogP) is 6.00. The van der Waals surface area contributed by atoms with Crippen LogP contribution >= 0.6 is 0 Å². The van der Waals surface area contributed by atoms with E-state index in [1.165, 1.54) is 18.2 Å². The summed E-state index contributed by atoms with van der Waals surface area (Å²) in [5, 5.41) is 2.99. The number of aryl methyl sites for hydroxylation is 1. The average molecular weight is 448 g/mol. The first-order valence-corrected chi connectivity index (χ1v) is 11.5. The molecule has 0 spiro atoms. The van der Waals surface area contributed by atoms with Crippen LogP contribution in [0.1, 0.15) is 70.5 Å². The number of fused-ring (bicyclic) bond motifs is 3. The summed E-state index contributed by atoms with van der Waals surface area (Å²) in [6, 6.07) is 13.5. The number of hydrogen-bond donors (Lipinski definition) is 1. The van der Waals surface area contributed by atoms with E-state index in [0.29, 0.717) is 22.9 Å². The minimum atomic E-state index is -0.308. The Morgan fingerprint density at radius 1 is 1.00 bits per heavy atom. The molecule has 1 aromatic heterocycles. The van der Waals surface area contributed by atoms with Crippen LogP contribution in [0.3, 0.4) is 0 Å². The molecule has 0 radical (unpaired) electrons. The Hall–Kier alpha value is -3.25. The van der Waals surface area contributed by atoms with Crippen molar-refractivity contribution in [3.05, 3.63) is 76.7 Å². The summed E-state index contributed by atoms with van der Waals surface area (Å²) < 4.78 is 23.6. The molecular formula is C27H29NO5. The summed E-state index contributed by atoms with van der Waals surface area (Å²) in [7, 11) is 3.41. The number of hydrogen-bond acceptors (Lipinski definition) is 5. The van der Waals surface area contributed by atoms with E-state index in [-0.39, 0.29) is 18.1 Å². The van der Waals surface area contributed by atoms with E-state index in [0.717, 1.165) is 41.9 Å². The van der Waals surface area contributed by atoms with Crippen LogP contribution in [0.4, 0.5) is 5.69 Å². The Morgan fingerprint density at radius 3 is 2.48 bits per heavy atom. The molecule has 1 amide bonds. The van der Waals surface area contributed by atoms with Gasteiger partial charge in [0.15, 0.2) is 0 Å². The van der Waals surface area contributed by atoms with Crippen molar-refractivity contribution in [1.82, 2.24) is 0 Å². The highest BCUT2D eigenvalue weighted by Crippen LogP contribution is 2.53. The Morgan fingerprint density at radius 2 is 1.76 bits per heavy atom. The topological polar surface area (TPSA) is 69.9 Å². The third-order valence-electron chi connectivity index (χ3n) is 6.84. The molecular weight excluding hydrogens is 418 g/mol. The fourth-order valence-electron chi connectivity index (χ4n) is 5.28. The molecule has 2 aromatic carbocycles. The highest BCUT2D eigenvalue weighted by molar-refractivity contribution is 6.04. The van der Waals surface area contributed by atoms with Crippen molar-refractivity contribution >= 4 is 11.6 Å². The maximum Gasteiger partial charge on any atom is 0.259 e. The second-order valence-electron chi connectivity index (χ2n) is 8.71. The third kappa shape index (κ3) is 3.89. The van der Waals surface area contributed by atoms with E-state index in [2.05, 4.69) is 5.32 Å². The largest absolute Gasteiger partial charge is 0.496 e. The number of amides is 1. The van der Waals surface area contributed by atoms with Gasteiger partial charge in [-0.2, -0.15) is 0 Å². The van der Waals surface area contributed by atoms with E-state index >= 15 is 0 Å². The van der Waals surface area contributed by atoms with E-state index < -0.39 is 0 Å². The summed E-state index contributed by atoms with van der Waals surface area (Å²) >= 11 is 0. The van der Waals surface area contributed by atoms with Crippen LogP contribution in [0.15, 0.2) is 53.1 Å². The molecule has 0 saturated heterocycles. The van der Waals surface area contributed by atoms with Crippen molar-refractivity contribution in [2.75, 3.05) is 19.5 Å². The van der Waals surface area contributed by atoms with Crippen molar-refractivity contribution < 1.29 is 23.4 Å². The van der Waals surface area contributed by atoms with Gasteiger partial charge < -0.3 is 23.9 Å². The molecule has 1 saturated carbocycles. The first kappa shape index (κ1) is 21.6. The second kappa shape index (κ2) is 8.94. The van der Waals surface area contributed by atoms with Gasteiger partial charge in [0, 0.05) is 22.7 Å². The molecule has 1 N–H and O–H groups in total. The molecule has 5 rings (SSSR count). The Balaban J connectivity index is 1.55. The molecule has 6 heteroatoms. The lowest BCUT2D eigenvalue weighted by atomic mass is 9.75. The molecule has 172 valence electrons. The van der Waals surface area contributed by atoms with Crippen LogP contribution in [0.2, 0.25) is 0 Å². The normalized spacial score (nSPS) is 21.6. The zero-order chi connectivity index (χ0) is 22.9. The monoisotopic (exact) mass is 447 g/mol. The number of methoxy groups -OCH3 is 2. The number of carbonyl (C=O) groups excluding carboxylic acids is 1. The summed E-state index contributed by atoms with van der Waals surface area (Å²) in [6.07, 6.45) is 5.79. The first-order valence-electron chi connectivity index (χ1n) is 11.5. The van der Waals surface area contributed by atoms with Crippen molar-refractivity contribution in [1.29, 1.82) is 0 Å². The molecule has 0 unspecified atom stereocenters. The van der Waals surface area contributed by atoms with Gasteiger partial charge >= 0.3 is 0 Å². The van der Waals surface area contributed by atoms with E-state index in [1.54, 1.807) is 27.2 Å². The van der Waals surface area contributed by atoms with Gasteiger partial charge in [0.25, 0.3) is 5.91 Å². The number of benzene rings is 2. The average Bonchev–Trinajstić information content (AvgIpc) is 3.28. The molecule has 3 aromatic rings. The summed E-state index contributed by atoms with van der Waals surface area (Å²) in [5.74, 6) is 2.37. The SMILES string of the molecule is COc1ccc(OC)c2c1[C@@H](c1cccc(NC(=O)c3ccoc3C)c1)O[C@H]1CCCC[C@H]21. The number of ether oxygens (including phenoxy) is 3. The van der Waals surface area contributed by atoms with Crippen LogP contribution < -0.4 is 14.8 Å². The van der Waals surface area contributed by atoms with Gasteiger partial charge in [0.05, 0.1) is 32.2 Å². The van der Waals surface area contributed by atoms with Crippen LogP contribution in [0.5, 0.6) is 11.5 Å². The van der Waals surface area contributed by atoms with Gasteiger partial charge in [-0.25, -0.2) is 0 Å². The molecule has 33 heavy (non-hydrogen) atoms. The van der Waals surface area contributed by atoms with Gasteiger partial charge in [-0.1, -0.05) is 25.0 Å². The van der Waals surface area contributed by atoms with Crippen molar-refractivity contribution in [3.8, 4) is 11.5 Å².